The van der Waals surface area contributed by atoms with Crippen LogP contribution < -0.4 is 5.32 Å². The van der Waals surface area contributed by atoms with Crippen LogP contribution in [0.4, 0.5) is 5.69 Å². The number of amides is 1. The number of carbonyl (C=O) groups is 3. The molecule has 0 radical (unpaired) electrons. The number of nitro groups is 1. The van der Waals surface area contributed by atoms with E-state index in [1.54, 1.807) is 48.3 Å². The summed E-state index contributed by atoms with van der Waals surface area (Å²) in [5, 5.41) is 88.5. The zero-order valence-corrected chi connectivity index (χ0v) is 40.7. The smallest absolute Gasteiger partial charge is 0.338 e. The number of carboxylic acid groups (broad SMARTS) is 1. The predicted octanol–water partition coefficient (Wildman–Crippen LogP) is 2.33. The van der Waals surface area contributed by atoms with Crippen LogP contribution >= 0.6 is 0 Å². The van der Waals surface area contributed by atoms with Crippen LogP contribution in [0.3, 0.4) is 0 Å². The number of nitrogens with one attached hydrogen (secondary N) is 2. The van der Waals surface area contributed by atoms with Gasteiger partial charge in [-0.15, -0.1) is 5.10 Å². The number of esters is 1. The topological polar surface area (TPSA) is 330 Å². The number of H-pyrrole nitrogens is 1. The van der Waals surface area contributed by atoms with Crippen LogP contribution in [0, 0.1) is 27.9 Å². The lowest BCUT2D eigenvalue weighted by molar-refractivity contribution is -0.384. The Morgan fingerprint density at radius 3 is 2.41 bits per heavy atom. The summed E-state index contributed by atoms with van der Waals surface area (Å²) in [7, 11) is 0. The summed E-state index contributed by atoms with van der Waals surface area (Å²) in [6.45, 7) is 3.10. The number of carboxylic acids is 1. The molecule has 4 aliphatic rings. The fourth-order valence-electron chi connectivity index (χ4n) is 10.6. The van der Waals surface area contributed by atoms with Crippen molar-refractivity contribution < 1.29 is 78.4 Å². The van der Waals surface area contributed by atoms with Gasteiger partial charge in [-0.3, -0.25) is 19.6 Å². The lowest BCUT2D eigenvalue weighted by atomic mass is 9.77. The molecular formula is C50H66N6O17. The van der Waals surface area contributed by atoms with Crippen LogP contribution in [-0.2, 0) is 57.4 Å². The van der Waals surface area contributed by atoms with E-state index in [0.717, 1.165) is 48.6 Å². The van der Waals surface area contributed by atoms with Crippen molar-refractivity contribution in [3.05, 3.63) is 87.9 Å². The average molecular weight is 1020 g/mol. The number of hydrogen-bond donors (Lipinski definition) is 8. The number of non-ortho nitro benzene ring substituents is 1. The van der Waals surface area contributed by atoms with Crippen molar-refractivity contribution in [3.8, 4) is 0 Å². The first-order chi connectivity index (χ1) is 35.1. The molecule has 73 heavy (non-hydrogen) atoms. The fourth-order valence-corrected chi connectivity index (χ4v) is 10.6. The molecule has 4 fully saturated rings. The highest BCUT2D eigenvalue weighted by molar-refractivity contribution is 5.89. The molecule has 398 valence electrons. The highest BCUT2D eigenvalue weighted by Gasteiger charge is 2.54. The van der Waals surface area contributed by atoms with Crippen LogP contribution in [0.15, 0.2) is 60.9 Å². The van der Waals surface area contributed by atoms with Gasteiger partial charge in [0, 0.05) is 60.9 Å². The first-order valence-corrected chi connectivity index (χ1v) is 25.1. The minimum absolute atomic E-state index is 0.00957. The Morgan fingerprint density at radius 1 is 0.918 bits per heavy atom. The van der Waals surface area contributed by atoms with Crippen molar-refractivity contribution in [2.75, 3.05) is 13.2 Å². The maximum atomic E-state index is 14.1. The van der Waals surface area contributed by atoms with Gasteiger partial charge in [0.15, 0.2) is 24.8 Å². The largest absolute Gasteiger partial charge is 0.479 e. The van der Waals surface area contributed by atoms with Gasteiger partial charge in [-0.1, -0.05) is 62.4 Å². The minimum Gasteiger partial charge on any atom is -0.479 e. The number of nitro benzene ring substituents is 1. The third kappa shape index (κ3) is 12.9. The molecule has 23 heteroatoms. The van der Waals surface area contributed by atoms with Crippen molar-refractivity contribution in [2.24, 2.45) is 17.8 Å². The van der Waals surface area contributed by atoms with E-state index in [4.69, 9.17) is 28.4 Å². The van der Waals surface area contributed by atoms with Gasteiger partial charge in [0.25, 0.3) is 5.69 Å². The number of aliphatic hydroxyl groups is 5. The number of nitrogens with zero attached hydrogens (tertiary/aromatic N) is 4. The highest BCUT2D eigenvalue weighted by Crippen LogP contribution is 2.39. The number of aryl methyl sites for hydroxylation is 2. The molecule has 8 rings (SSSR count). The molecule has 2 aromatic heterocycles. The van der Waals surface area contributed by atoms with Gasteiger partial charge in [-0.05, 0) is 68.2 Å². The van der Waals surface area contributed by atoms with Crippen LogP contribution in [0.5, 0.6) is 0 Å². The first-order valence-electron chi connectivity index (χ1n) is 25.1. The quantitative estimate of drug-likeness (QED) is 0.0358. The normalized spacial score (nSPS) is 31.4. The standard InChI is InChI=1S/C50H66N6O17/c1-26-19-31(46(62)51-17-15-32-24-55(54-53-32)18-16-30-23-52-35-14-13-33(56(66)67)22-34(30)35)21-36(43(26)73-49-42(61)41(60)39(58)27(2)68-49)70-50-45(72-48(65)29-11-7-4-8-12-29)44(40(59)38(25-57)71-50)69-37(47(63)64)20-28-9-5-3-6-10-28/h4,7-8,11-14,22-24,26-28,31,36-45,49-50,52,57-61H,3,5-6,9-10,15-21,25H2,1-2H3,(H,51,62)(H,63,64)/t26?,27?,31?,36-,37+,38?,39-,40+,41?,42?,43?,44?,45?,49+,50-/m1/s1. The van der Waals surface area contributed by atoms with E-state index >= 15 is 0 Å². The third-order valence-electron chi connectivity index (χ3n) is 14.6. The lowest BCUT2D eigenvalue weighted by Gasteiger charge is -2.48. The van der Waals surface area contributed by atoms with Gasteiger partial charge in [-0.2, -0.15) is 0 Å². The number of carbonyl (C=O) groups excluding carboxylic acids is 2. The molecule has 2 aromatic carbocycles. The number of fused-ring (bicyclic) bond motifs is 1. The minimum atomic E-state index is -1.71. The summed E-state index contributed by atoms with van der Waals surface area (Å²) < 4.78 is 39.1. The van der Waals surface area contributed by atoms with E-state index < -0.39 is 115 Å². The number of benzene rings is 2. The summed E-state index contributed by atoms with van der Waals surface area (Å²) >= 11 is 0. The van der Waals surface area contributed by atoms with Gasteiger partial charge in [-0.25, -0.2) is 9.59 Å². The maximum absolute atomic E-state index is 14.1. The molecule has 2 saturated heterocycles. The summed E-state index contributed by atoms with van der Waals surface area (Å²) in [6, 6.07) is 12.6. The van der Waals surface area contributed by atoms with Gasteiger partial charge < -0.3 is 69.4 Å². The monoisotopic (exact) mass is 1020 g/mol. The van der Waals surface area contributed by atoms with Gasteiger partial charge in [0.1, 0.15) is 36.6 Å². The second-order valence-corrected chi connectivity index (χ2v) is 19.8. The molecular weight excluding hydrogens is 957 g/mol. The average Bonchev–Trinajstić information content (AvgIpc) is 4.03. The number of rotatable bonds is 20. The molecule has 9 unspecified atom stereocenters. The number of ether oxygens (including phenoxy) is 6. The molecule has 15 atom stereocenters. The summed E-state index contributed by atoms with van der Waals surface area (Å²) in [4.78, 5) is 54.8. The third-order valence-corrected chi connectivity index (χ3v) is 14.6. The second kappa shape index (κ2) is 24.3. The van der Waals surface area contributed by atoms with Crippen molar-refractivity contribution in [3.63, 3.8) is 0 Å². The van der Waals surface area contributed by atoms with Crippen molar-refractivity contribution in [2.45, 2.75) is 164 Å². The first kappa shape index (κ1) is 53.8. The molecule has 2 saturated carbocycles. The number of hydrogen-bond acceptors (Lipinski definition) is 18. The molecule has 0 bridgehead atoms. The van der Waals surface area contributed by atoms with Crippen LogP contribution in [0.1, 0.15) is 86.8 Å². The number of aliphatic hydroxyl groups excluding tert-OH is 5. The second-order valence-electron chi connectivity index (χ2n) is 19.8. The Bertz CT molecular complexity index is 2490. The molecule has 8 N–H and O–H groups in total. The van der Waals surface area contributed by atoms with Crippen molar-refractivity contribution in [1.82, 2.24) is 25.3 Å². The van der Waals surface area contributed by atoms with Crippen LogP contribution in [-0.4, -0.2) is 166 Å². The SMILES string of the molecule is CC1CC(C(=O)NCCc2cn(CCc3c[nH]c4ccc([N+](=O)[O-])cc34)nn2)C[C@@H](O[C@@H]2OC(CO)[C@H](O)C(O[C@@H](CC3CCCCC3)C(=O)O)C2OC(=O)c2ccccc2)C1O[C@@H]1OC(C)[C@@H](O)C(O)C1O. The molecule has 0 spiro atoms. The molecule has 4 aromatic rings. The Balaban J connectivity index is 1.00. The molecule has 1 amide bonds. The predicted molar refractivity (Wildman–Crippen MR) is 254 cm³/mol. The number of aromatic nitrogens is 4. The molecule has 23 nitrogen and oxygen atoms in total. The zero-order chi connectivity index (χ0) is 51.9. The van der Waals surface area contributed by atoms with E-state index in [1.165, 1.54) is 31.2 Å². The summed E-state index contributed by atoms with van der Waals surface area (Å²) in [5.41, 5.74) is 2.35. The molecule has 2 aliphatic carbocycles. The molecule has 2 aliphatic heterocycles. The Morgan fingerprint density at radius 2 is 1.68 bits per heavy atom. The van der Waals surface area contributed by atoms with Gasteiger partial charge >= 0.3 is 11.9 Å². The van der Waals surface area contributed by atoms with E-state index in [2.05, 4.69) is 20.6 Å². The highest BCUT2D eigenvalue weighted by atomic mass is 16.7. The van der Waals surface area contributed by atoms with Crippen LogP contribution in [0.2, 0.25) is 0 Å². The lowest BCUT2D eigenvalue weighted by Crippen LogP contribution is -2.64. The van der Waals surface area contributed by atoms with E-state index in [9.17, 15) is 55.1 Å². The Labute approximate surface area is 420 Å². The summed E-state index contributed by atoms with van der Waals surface area (Å²) in [5.74, 6) is -3.79. The van der Waals surface area contributed by atoms with Gasteiger partial charge in [0.2, 0.25) is 5.91 Å². The van der Waals surface area contributed by atoms with E-state index in [-0.39, 0.29) is 48.9 Å². The Kier molecular flexibility index (Phi) is 17.9. The summed E-state index contributed by atoms with van der Waals surface area (Å²) in [6.07, 6.45) is -9.79. The van der Waals surface area contributed by atoms with E-state index in [1.807, 2.05) is 0 Å². The van der Waals surface area contributed by atoms with E-state index in [0.29, 0.717) is 25.1 Å². The number of aliphatic carboxylic acids is 1. The Hall–Kier alpha value is -5.47. The fraction of sp³-hybridized carbons (Fsp3) is 0.620. The van der Waals surface area contributed by atoms with Crippen LogP contribution in [0.25, 0.3) is 10.9 Å². The number of aromatic amines is 1. The van der Waals surface area contributed by atoms with Crippen molar-refractivity contribution in [1.29, 1.82) is 0 Å². The zero-order valence-electron chi connectivity index (χ0n) is 40.7. The van der Waals surface area contributed by atoms with Gasteiger partial charge in [0.05, 0.1) is 41.1 Å². The maximum Gasteiger partial charge on any atom is 0.338 e. The molecule has 4 heterocycles. The van der Waals surface area contributed by atoms with Crippen molar-refractivity contribution >= 4 is 34.4 Å².